The largest absolute Gasteiger partial charge is 0.389 e. The van der Waals surface area contributed by atoms with Gasteiger partial charge in [0.2, 0.25) is 17.6 Å². The molecule has 0 bridgehead atoms. The number of rotatable bonds is 13. The van der Waals surface area contributed by atoms with Crippen LogP contribution in [0.1, 0.15) is 78.1 Å². The lowest BCUT2D eigenvalue weighted by atomic mass is 9.85. The standard InChI is InChI=1S/C32H46F3N5O6/c1-17(2)20-15-22(28(44)37-21(25(42)27(36)43)13-14-32(33,34)35)40(16-20)29(45)26(31(5,6)7)39-30(46)38-23(18(3)4)24(41)19-11-9-8-10-12-19/h8-12,17-18,20-23,26H,13-16H2,1-7H3,(H2,36,43)(H,37,44)(H2,38,39,46)/t20-,21?,22+,23?,26?/m1/s1. The minimum Gasteiger partial charge on any atom is -0.363 e. The monoisotopic (exact) mass is 653 g/mol. The Hall–Kier alpha value is -3.97. The summed E-state index contributed by atoms with van der Waals surface area (Å²) in [5.41, 5.74) is 4.54. The van der Waals surface area contributed by atoms with Crippen LogP contribution in [0.15, 0.2) is 30.3 Å². The number of halogens is 3. The maximum atomic E-state index is 14.1. The summed E-state index contributed by atoms with van der Waals surface area (Å²) in [6, 6.07) is 2.51. The third-order valence-corrected chi connectivity index (χ3v) is 8.14. The van der Waals surface area contributed by atoms with Crippen LogP contribution in [0.3, 0.4) is 0 Å². The van der Waals surface area contributed by atoms with Crippen molar-refractivity contribution in [3.63, 3.8) is 0 Å². The molecule has 1 fully saturated rings. The molecule has 3 unspecified atom stereocenters. The van der Waals surface area contributed by atoms with Crippen molar-refractivity contribution in [2.75, 3.05) is 6.54 Å². The van der Waals surface area contributed by atoms with Crippen molar-refractivity contribution in [1.82, 2.24) is 20.9 Å². The summed E-state index contributed by atoms with van der Waals surface area (Å²) in [5, 5.41) is 7.57. The second-order valence-electron chi connectivity index (χ2n) is 13.6. The van der Waals surface area contributed by atoms with E-state index in [9.17, 15) is 41.9 Å². The topological polar surface area (TPSA) is 168 Å². The van der Waals surface area contributed by atoms with Gasteiger partial charge in [-0.1, -0.05) is 78.8 Å². The van der Waals surface area contributed by atoms with E-state index in [-0.39, 0.29) is 36.5 Å². The van der Waals surface area contributed by atoms with E-state index in [2.05, 4.69) is 16.0 Å². The van der Waals surface area contributed by atoms with Gasteiger partial charge in [0, 0.05) is 18.5 Å². The molecule has 5 atom stereocenters. The molecule has 1 saturated heterocycles. The van der Waals surface area contributed by atoms with E-state index in [4.69, 9.17) is 5.73 Å². The zero-order valence-corrected chi connectivity index (χ0v) is 27.4. The summed E-state index contributed by atoms with van der Waals surface area (Å²) >= 11 is 0. The first-order valence-electron chi connectivity index (χ1n) is 15.3. The summed E-state index contributed by atoms with van der Waals surface area (Å²) < 4.78 is 38.8. The number of primary amides is 1. The molecule has 2 rings (SSSR count). The fraction of sp³-hybridized carbons (Fsp3) is 0.625. The van der Waals surface area contributed by atoms with E-state index in [0.717, 1.165) is 0 Å². The molecule has 1 aromatic carbocycles. The quantitative estimate of drug-likeness (QED) is 0.188. The maximum Gasteiger partial charge on any atom is 0.389 e. The average molecular weight is 654 g/mol. The minimum atomic E-state index is -4.66. The van der Waals surface area contributed by atoms with Crippen LogP contribution in [-0.2, 0) is 19.2 Å². The average Bonchev–Trinajstić information content (AvgIpc) is 3.41. The zero-order valence-electron chi connectivity index (χ0n) is 27.4. The number of hydrogen-bond donors (Lipinski definition) is 4. The molecule has 11 nitrogen and oxygen atoms in total. The van der Waals surface area contributed by atoms with Crippen LogP contribution in [0.4, 0.5) is 18.0 Å². The molecule has 0 spiro atoms. The molecule has 1 heterocycles. The molecule has 256 valence electrons. The van der Waals surface area contributed by atoms with Gasteiger partial charge in [-0.2, -0.15) is 13.2 Å². The molecular formula is C32H46F3N5O6. The highest BCUT2D eigenvalue weighted by atomic mass is 19.4. The van der Waals surface area contributed by atoms with Crippen LogP contribution in [0.2, 0.25) is 0 Å². The Balaban J connectivity index is 2.34. The van der Waals surface area contributed by atoms with E-state index >= 15 is 0 Å². The van der Waals surface area contributed by atoms with Crippen molar-refractivity contribution < 1.29 is 41.9 Å². The van der Waals surface area contributed by atoms with Gasteiger partial charge < -0.3 is 26.6 Å². The molecule has 0 saturated carbocycles. The van der Waals surface area contributed by atoms with Crippen molar-refractivity contribution in [1.29, 1.82) is 0 Å². The highest BCUT2D eigenvalue weighted by Crippen LogP contribution is 2.32. The van der Waals surface area contributed by atoms with Gasteiger partial charge in [-0.15, -0.1) is 0 Å². The molecule has 0 radical (unpaired) electrons. The summed E-state index contributed by atoms with van der Waals surface area (Å²) in [5.74, 6) is -5.23. The van der Waals surface area contributed by atoms with Gasteiger partial charge in [-0.3, -0.25) is 24.0 Å². The molecular weight excluding hydrogens is 607 g/mol. The SMILES string of the molecule is CC(C)C(NC(=O)NC(C(=O)N1C[C@H](C(C)C)C[C@H]1C(=O)NC(CCC(F)(F)F)C(=O)C(N)=O)C(C)(C)C)C(=O)c1ccccc1. The molecule has 14 heteroatoms. The van der Waals surface area contributed by atoms with E-state index < -0.39 is 78.1 Å². The molecule has 1 aliphatic rings. The van der Waals surface area contributed by atoms with E-state index in [1.54, 1.807) is 65.0 Å². The second-order valence-corrected chi connectivity index (χ2v) is 13.6. The second kappa shape index (κ2) is 15.5. The zero-order chi connectivity index (χ0) is 35.1. The lowest BCUT2D eigenvalue weighted by Gasteiger charge is -2.36. The fourth-order valence-electron chi connectivity index (χ4n) is 5.31. The summed E-state index contributed by atoms with van der Waals surface area (Å²) in [6.07, 6.45) is -6.88. The Morgan fingerprint density at radius 2 is 1.52 bits per heavy atom. The smallest absolute Gasteiger partial charge is 0.363 e. The number of carbonyl (C=O) groups excluding carboxylic acids is 6. The highest BCUT2D eigenvalue weighted by Gasteiger charge is 2.46. The van der Waals surface area contributed by atoms with E-state index in [1.165, 1.54) is 4.90 Å². The van der Waals surface area contributed by atoms with E-state index in [0.29, 0.717) is 5.56 Å². The number of hydrogen-bond acceptors (Lipinski definition) is 6. The van der Waals surface area contributed by atoms with Gasteiger partial charge in [0.25, 0.3) is 5.91 Å². The molecule has 46 heavy (non-hydrogen) atoms. The fourth-order valence-corrected chi connectivity index (χ4v) is 5.31. The summed E-state index contributed by atoms with van der Waals surface area (Å²) in [6.45, 7) is 12.5. The number of carbonyl (C=O) groups is 6. The Morgan fingerprint density at radius 1 is 0.935 bits per heavy atom. The predicted octanol–water partition coefficient (Wildman–Crippen LogP) is 3.36. The normalized spacial score (nSPS) is 18.9. The number of likely N-dealkylation sites (tertiary alicyclic amines) is 1. The molecule has 0 aliphatic carbocycles. The summed E-state index contributed by atoms with van der Waals surface area (Å²) in [7, 11) is 0. The highest BCUT2D eigenvalue weighted by molar-refractivity contribution is 6.37. The number of benzene rings is 1. The lowest BCUT2D eigenvalue weighted by Crippen LogP contribution is -2.61. The first-order chi connectivity index (χ1) is 21.1. The minimum absolute atomic E-state index is 0.00141. The third-order valence-electron chi connectivity index (χ3n) is 8.14. The maximum absolute atomic E-state index is 14.1. The number of ketones is 2. The number of nitrogens with zero attached hydrogens (tertiary/aromatic N) is 1. The van der Waals surface area contributed by atoms with Crippen molar-refractivity contribution >= 4 is 35.3 Å². The number of nitrogens with one attached hydrogen (secondary N) is 3. The van der Waals surface area contributed by atoms with Gasteiger partial charge in [0.15, 0.2) is 5.78 Å². The van der Waals surface area contributed by atoms with Crippen LogP contribution in [0.25, 0.3) is 0 Å². The molecule has 1 aromatic rings. The van der Waals surface area contributed by atoms with Gasteiger partial charge in [0.05, 0.1) is 12.1 Å². The first-order valence-corrected chi connectivity index (χ1v) is 15.3. The number of amides is 5. The Bertz CT molecular complexity index is 1280. The van der Waals surface area contributed by atoms with Gasteiger partial charge in [0.1, 0.15) is 12.1 Å². The van der Waals surface area contributed by atoms with Crippen molar-refractivity contribution in [3.05, 3.63) is 35.9 Å². The third kappa shape index (κ3) is 10.5. The van der Waals surface area contributed by atoms with Crippen molar-refractivity contribution in [2.24, 2.45) is 28.9 Å². The number of alkyl halides is 3. The Kier molecular flexibility index (Phi) is 12.9. The van der Waals surface area contributed by atoms with Crippen LogP contribution in [-0.4, -0.2) is 77.1 Å². The van der Waals surface area contributed by atoms with Crippen LogP contribution in [0, 0.1) is 23.2 Å². The first kappa shape index (κ1) is 38.2. The van der Waals surface area contributed by atoms with Crippen LogP contribution < -0.4 is 21.7 Å². The van der Waals surface area contributed by atoms with Gasteiger partial charge >= 0.3 is 12.2 Å². The Labute approximate surface area is 267 Å². The number of urea groups is 1. The molecule has 5 N–H and O–H groups in total. The van der Waals surface area contributed by atoms with Gasteiger partial charge in [-0.05, 0) is 36.0 Å². The predicted molar refractivity (Wildman–Crippen MR) is 164 cm³/mol. The number of nitrogens with two attached hydrogens (primary N) is 1. The van der Waals surface area contributed by atoms with Gasteiger partial charge in [-0.25, -0.2) is 4.79 Å². The van der Waals surface area contributed by atoms with Crippen molar-refractivity contribution in [2.45, 2.75) is 98.1 Å². The van der Waals surface area contributed by atoms with E-state index in [1.807, 2.05) is 13.8 Å². The van der Waals surface area contributed by atoms with Crippen LogP contribution >= 0.6 is 0 Å². The molecule has 5 amide bonds. The number of Topliss-reactive ketones (excluding diaryl/α,β-unsaturated/α-hetero) is 2. The molecule has 0 aromatic heterocycles. The molecule has 1 aliphatic heterocycles. The van der Waals surface area contributed by atoms with Crippen molar-refractivity contribution in [3.8, 4) is 0 Å². The lowest BCUT2D eigenvalue weighted by molar-refractivity contribution is -0.146. The summed E-state index contributed by atoms with van der Waals surface area (Å²) in [4.78, 5) is 79.2. The Morgan fingerprint density at radius 3 is 2.00 bits per heavy atom. The van der Waals surface area contributed by atoms with Crippen LogP contribution in [0.5, 0.6) is 0 Å².